The number of carbonyl (C=O) groups is 2. The minimum absolute atomic E-state index is 0.0936. The van der Waals surface area contributed by atoms with Gasteiger partial charge >= 0.3 is 0 Å². The highest BCUT2D eigenvalue weighted by atomic mass is 16.5. The van der Waals surface area contributed by atoms with Crippen molar-refractivity contribution in [2.45, 2.75) is 135 Å². The average molecular weight is 782 g/mol. The number of nitrogens with one attached hydrogen (secondary N) is 2. The Morgan fingerprint density at radius 2 is 0.807 bits per heavy atom. The van der Waals surface area contributed by atoms with Gasteiger partial charge in [0.05, 0.1) is 13.2 Å². The van der Waals surface area contributed by atoms with Crippen LogP contribution in [0.1, 0.15) is 129 Å². The van der Waals surface area contributed by atoms with Crippen LogP contribution in [-0.4, -0.2) is 62.1 Å². The van der Waals surface area contributed by atoms with E-state index in [0.717, 1.165) is 129 Å². The third-order valence-corrected chi connectivity index (χ3v) is 9.23. The van der Waals surface area contributed by atoms with E-state index in [0.29, 0.717) is 32.0 Å². The summed E-state index contributed by atoms with van der Waals surface area (Å²) >= 11 is 0. The highest BCUT2D eigenvalue weighted by molar-refractivity contribution is 5.76. The van der Waals surface area contributed by atoms with Crippen molar-refractivity contribution < 1.29 is 14.3 Å². The van der Waals surface area contributed by atoms with E-state index in [-0.39, 0.29) is 11.8 Å². The van der Waals surface area contributed by atoms with Gasteiger partial charge in [0, 0.05) is 45.1 Å². The number of hydrogen-bond acceptors (Lipinski definition) is 4. The first-order valence-electron chi connectivity index (χ1n) is 22.2. The first-order valence-corrected chi connectivity index (χ1v) is 22.2. The molecule has 2 N–H and O–H groups in total. The molecule has 0 spiro atoms. The average Bonchev–Trinajstić information content (AvgIpc) is 3.22. The molecule has 0 aromatic carbocycles. The number of allylic oxidation sites excluding steroid dienone is 22. The highest BCUT2D eigenvalue weighted by Crippen LogP contribution is 2.11. The van der Waals surface area contributed by atoms with Crippen molar-refractivity contribution in [3.63, 3.8) is 0 Å². The van der Waals surface area contributed by atoms with Gasteiger partial charge in [0.25, 0.3) is 0 Å². The zero-order valence-electron chi connectivity index (χ0n) is 35.9. The Labute approximate surface area is 349 Å². The number of rotatable bonds is 34. The second-order valence-corrected chi connectivity index (χ2v) is 14.1. The third-order valence-electron chi connectivity index (χ3n) is 9.23. The van der Waals surface area contributed by atoms with E-state index in [1.165, 1.54) is 0 Å². The molecule has 1 heterocycles. The summed E-state index contributed by atoms with van der Waals surface area (Å²) in [5.41, 5.74) is 0. The van der Waals surface area contributed by atoms with Crippen LogP contribution in [0.5, 0.6) is 0 Å². The molecule has 0 aliphatic carbocycles. The Balaban J connectivity index is 2.15. The van der Waals surface area contributed by atoms with Crippen molar-refractivity contribution in [2.75, 3.05) is 39.4 Å². The molecular formula is C51H79N3O3. The van der Waals surface area contributed by atoms with Crippen molar-refractivity contribution in [2.24, 2.45) is 0 Å². The van der Waals surface area contributed by atoms with Crippen molar-refractivity contribution >= 4 is 11.8 Å². The van der Waals surface area contributed by atoms with Crippen molar-refractivity contribution in [3.8, 4) is 0 Å². The molecule has 0 bridgehead atoms. The van der Waals surface area contributed by atoms with Crippen LogP contribution in [0.3, 0.4) is 0 Å². The second-order valence-electron chi connectivity index (χ2n) is 14.1. The fourth-order valence-electron chi connectivity index (χ4n) is 5.99. The first kappa shape index (κ1) is 51.0. The molecule has 1 aliphatic rings. The van der Waals surface area contributed by atoms with Crippen LogP contribution in [-0.2, 0) is 14.3 Å². The molecule has 1 aliphatic heterocycles. The van der Waals surface area contributed by atoms with E-state index >= 15 is 0 Å². The predicted octanol–water partition coefficient (Wildman–Crippen LogP) is 12.1. The number of unbranched alkanes of at least 4 members (excludes halogenated alkanes) is 1. The minimum Gasteiger partial charge on any atom is -0.379 e. The maximum atomic E-state index is 12.5. The smallest absolute Gasteiger partial charge is 0.220 e. The van der Waals surface area contributed by atoms with E-state index in [2.05, 4.69) is 163 Å². The third kappa shape index (κ3) is 36.1. The van der Waals surface area contributed by atoms with Gasteiger partial charge < -0.3 is 15.4 Å². The Kier molecular flexibility index (Phi) is 37.3. The molecule has 57 heavy (non-hydrogen) atoms. The Morgan fingerprint density at radius 3 is 1.19 bits per heavy atom. The lowest BCUT2D eigenvalue weighted by Gasteiger charge is -2.34. The molecule has 0 aromatic heterocycles. The molecule has 2 amide bonds. The van der Waals surface area contributed by atoms with Crippen molar-refractivity contribution in [3.05, 3.63) is 134 Å². The van der Waals surface area contributed by atoms with E-state index < -0.39 is 0 Å². The summed E-state index contributed by atoms with van der Waals surface area (Å²) in [5, 5.41) is 6.25. The van der Waals surface area contributed by atoms with Gasteiger partial charge in [-0.25, -0.2) is 0 Å². The molecule has 6 nitrogen and oxygen atoms in total. The zero-order chi connectivity index (χ0) is 41.0. The Bertz CT molecular complexity index is 1300. The van der Waals surface area contributed by atoms with Crippen molar-refractivity contribution in [1.82, 2.24) is 15.5 Å². The highest BCUT2D eigenvalue weighted by Gasteiger charge is 2.21. The quantitative estimate of drug-likeness (QED) is 0.0504. The van der Waals surface area contributed by atoms with Crippen LogP contribution >= 0.6 is 0 Å². The Morgan fingerprint density at radius 1 is 0.474 bits per heavy atom. The topological polar surface area (TPSA) is 70.7 Å². The van der Waals surface area contributed by atoms with E-state index in [1.54, 1.807) is 0 Å². The van der Waals surface area contributed by atoms with Gasteiger partial charge in [-0.05, 0) is 103 Å². The summed E-state index contributed by atoms with van der Waals surface area (Å²) < 4.78 is 5.57. The molecule has 6 heteroatoms. The standard InChI is InChI=1S/C51H79N3O3/c1-3-5-7-9-11-13-15-17-19-21-22-24-26-28-30-32-34-36-38-40-51(56)53-44-42-49(54-45-47-57-48-46-54)41-43-52-50(55)39-37-35-33-31-29-27-25-23-20-18-16-14-12-10-8-6-4-2/h5-8,11-14,17-20,22,24-25,27-28,30-31,33-34,36,49H,3-4,9-10,15-16,21,23,26,29,32,35,37-48H2,1-2H3,(H,52,55)(H,53,56)/b7-5-,8-6-,13-11-,14-12-,19-17-,20-18-,24-22-,27-25-,30-28-,33-31-,36-34-. The summed E-state index contributed by atoms with van der Waals surface area (Å²) in [5.74, 6) is 0.210. The largest absolute Gasteiger partial charge is 0.379 e. The summed E-state index contributed by atoms with van der Waals surface area (Å²) in [6.07, 6.45) is 64.5. The SMILES string of the molecule is CC/C=C\C/C=C\C/C=C\C/C=C\C/C=C\C/C=C\CCC(=O)NCCC(CCNC(=O)CCC/C=C\C/C=C\C/C=C\C/C=C\C/C=C\CC)N1CCOCC1. The molecule has 316 valence electrons. The molecule has 1 unspecified atom stereocenters. The normalized spacial score (nSPS) is 15.5. The number of carbonyl (C=O) groups excluding carboxylic acids is 2. The van der Waals surface area contributed by atoms with Gasteiger partial charge in [-0.3, -0.25) is 14.5 Å². The van der Waals surface area contributed by atoms with Crippen LogP contribution in [0.25, 0.3) is 0 Å². The Hall–Kier alpha value is -4.00. The molecule has 1 rings (SSSR count). The second kappa shape index (κ2) is 41.6. The van der Waals surface area contributed by atoms with Gasteiger partial charge in [0.15, 0.2) is 0 Å². The zero-order valence-corrected chi connectivity index (χ0v) is 35.9. The summed E-state index contributed by atoms with van der Waals surface area (Å²) in [4.78, 5) is 27.4. The van der Waals surface area contributed by atoms with Gasteiger partial charge in [-0.1, -0.05) is 148 Å². The molecule has 1 saturated heterocycles. The predicted molar refractivity (Wildman–Crippen MR) is 247 cm³/mol. The van der Waals surface area contributed by atoms with Gasteiger partial charge in [-0.15, -0.1) is 0 Å². The van der Waals surface area contributed by atoms with Gasteiger partial charge in [0.2, 0.25) is 11.8 Å². The van der Waals surface area contributed by atoms with E-state index in [1.807, 2.05) is 0 Å². The first-order chi connectivity index (χ1) is 28.2. The number of nitrogens with zero attached hydrogens (tertiary/aromatic N) is 1. The fourth-order valence-corrected chi connectivity index (χ4v) is 5.99. The number of morpholine rings is 1. The van der Waals surface area contributed by atoms with E-state index in [4.69, 9.17) is 4.74 Å². The molecule has 0 aromatic rings. The number of hydrogen-bond donors (Lipinski definition) is 2. The van der Waals surface area contributed by atoms with Crippen molar-refractivity contribution in [1.29, 1.82) is 0 Å². The van der Waals surface area contributed by atoms with E-state index in [9.17, 15) is 9.59 Å². The summed E-state index contributed by atoms with van der Waals surface area (Å²) in [7, 11) is 0. The lowest BCUT2D eigenvalue weighted by Crippen LogP contribution is -2.46. The van der Waals surface area contributed by atoms with Gasteiger partial charge in [-0.2, -0.15) is 0 Å². The van der Waals surface area contributed by atoms with Crippen LogP contribution in [0.15, 0.2) is 134 Å². The fraction of sp³-hybridized carbons (Fsp3) is 0.529. The maximum Gasteiger partial charge on any atom is 0.220 e. The molecule has 1 atom stereocenters. The van der Waals surface area contributed by atoms with Crippen LogP contribution < -0.4 is 10.6 Å². The van der Waals surface area contributed by atoms with Gasteiger partial charge in [0.1, 0.15) is 0 Å². The lowest BCUT2D eigenvalue weighted by molar-refractivity contribution is -0.121. The lowest BCUT2D eigenvalue weighted by atomic mass is 10.1. The molecule has 0 saturated carbocycles. The van der Waals surface area contributed by atoms with Crippen LogP contribution in [0.4, 0.5) is 0 Å². The monoisotopic (exact) mass is 782 g/mol. The maximum absolute atomic E-state index is 12.5. The number of amides is 2. The summed E-state index contributed by atoms with van der Waals surface area (Å²) in [6, 6.07) is 0.305. The number of ether oxygens (including phenoxy) is 1. The molecular weight excluding hydrogens is 703 g/mol. The minimum atomic E-state index is 0.0936. The summed E-state index contributed by atoms with van der Waals surface area (Å²) in [6.45, 7) is 8.86. The van der Waals surface area contributed by atoms with Crippen LogP contribution in [0, 0.1) is 0 Å². The molecule has 1 fully saturated rings. The molecule has 0 radical (unpaired) electrons. The van der Waals surface area contributed by atoms with Crippen LogP contribution in [0.2, 0.25) is 0 Å².